The predicted molar refractivity (Wildman–Crippen MR) is 132 cm³/mol. The van der Waals surface area contributed by atoms with Crippen LogP contribution in [0, 0.1) is 5.41 Å². The lowest BCUT2D eigenvalue weighted by atomic mass is 9.87. The van der Waals surface area contributed by atoms with Crippen molar-refractivity contribution in [2.75, 3.05) is 6.61 Å². The van der Waals surface area contributed by atoms with Crippen LogP contribution in [0.15, 0.2) is 53.9 Å². The van der Waals surface area contributed by atoms with Gasteiger partial charge in [-0.3, -0.25) is 4.79 Å². The maximum atomic E-state index is 12.5. The molecule has 3 N–H and O–H groups in total. The number of aromatic nitrogens is 1. The maximum absolute atomic E-state index is 12.5. The fraction of sp³-hybridized carbons (Fsp3) is 0.308. The van der Waals surface area contributed by atoms with Crippen molar-refractivity contribution in [3.8, 4) is 11.1 Å². The summed E-state index contributed by atoms with van der Waals surface area (Å²) < 4.78 is 5.51. The maximum Gasteiger partial charge on any atom is 0.407 e. The standard InChI is InChI=1S/C26H27N3O5S/c1-26(2,3)22(24(31)32)29-23(30)20-14-35-21(28-20)12-27-25(33)34-13-19-17-10-6-4-8-15(17)16-9-5-7-11-18(16)19/h4-11,14,19,22H,12-13H2,1-3H3,(H,27,33)(H,29,30)(H,31,32)/t22-/m0/s1. The van der Waals surface area contributed by atoms with Gasteiger partial charge >= 0.3 is 12.1 Å². The first kappa shape index (κ1) is 24.4. The van der Waals surface area contributed by atoms with Crippen LogP contribution in [0.25, 0.3) is 11.1 Å². The lowest BCUT2D eigenvalue weighted by molar-refractivity contribution is -0.142. The zero-order valence-corrected chi connectivity index (χ0v) is 20.5. The van der Waals surface area contributed by atoms with Crippen molar-refractivity contribution >= 4 is 29.3 Å². The lowest BCUT2D eigenvalue weighted by Crippen LogP contribution is -2.49. The SMILES string of the molecule is CC(C)(C)[C@@H](NC(=O)c1csc(CNC(=O)OCC2c3ccccc3-c3ccccc32)n1)C(=O)O. The van der Waals surface area contributed by atoms with Gasteiger partial charge < -0.3 is 20.5 Å². The van der Waals surface area contributed by atoms with Crippen molar-refractivity contribution in [1.29, 1.82) is 0 Å². The van der Waals surface area contributed by atoms with E-state index in [0.717, 1.165) is 22.3 Å². The minimum absolute atomic E-state index is 0.0340. The van der Waals surface area contributed by atoms with E-state index in [1.54, 1.807) is 20.8 Å². The Kier molecular flexibility index (Phi) is 6.88. The molecule has 1 heterocycles. The van der Waals surface area contributed by atoms with Gasteiger partial charge in [-0.15, -0.1) is 11.3 Å². The number of ether oxygens (including phenoxy) is 1. The van der Waals surface area contributed by atoms with Gasteiger partial charge in [0, 0.05) is 11.3 Å². The van der Waals surface area contributed by atoms with E-state index >= 15 is 0 Å². The van der Waals surface area contributed by atoms with Crippen molar-refractivity contribution in [3.63, 3.8) is 0 Å². The number of carbonyl (C=O) groups is 3. The zero-order valence-electron chi connectivity index (χ0n) is 19.7. The molecule has 35 heavy (non-hydrogen) atoms. The summed E-state index contributed by atoms with van der Waals surface area (Å²) in [7, 11) is 0. The highest BCUT2D eigenvalue weighted by Crippen LogP contribution is 2.44. The van der Waals surface area contributed by atoms with Gasteiger partial charge in [-0.2, -0.15) is 0 Å². The molecule has 1 aliphatic rings. The minimum atomic E-state index is -1.11. The van der Waals surface area contributed by atoms with Crippen LogP contribution in [0.2, 0.25) is 0 Å². The molecule has 1 aromatic heterocycles. The number of thiazole rings is 1. The number of carboxylic acid groups (broad SMARTS) is 1. The Morgan fingerprint density at radius 2 is 1.66 bits per heavy atom. The molecule has 8 nitrogen and oxygen atoms in total. The summed E-state index contributed by atoms with van der Waals surface area (Å²) in [5, 5.41) is 16.6. The first-order valence-corrected chi connectivity index (χ1v) is 12.1. The van der Waals surface area contributed by atoms with Crippen molar-refractivity contribution < 1.29 is 24.2 Å². The number of carbonyl (C=O) groups excluding carboxylic acids is 2. The van der Waals surface area contributed by atoms with Crippen LogP contribution in [-0.2, 0) is 16.1 Å². The van der Waals surface area contributed by atoms with Crippen LogP contribution >= 0.6 is 11.3 Å². The molecule has 0 bridgehead atoms. The average molecular weight is 494 g/mol. The molecular formula is C26H27N3O5S. The minimum Gasteiger partial charge on any atom is -0.480 e. The van der Waals surface area contributed by atoms with Gasteiger partial charge in [0.25, 0.3) is 5.91 Å². The van der Waals surface area contributed by atoms with Crippen molar-refractivity contribution in [3.05, 3.63) is 75.7 Å². The molecule has 9 heteroatoms. The number of amides is 2. The number of alkyl carbamates (subject to hydrolysis) is 1. The number of hydrogen-bond acceptors (Lipinski definition) is 6. The third kappa shape index (κ3) is 5.35. The van der Waals surface area contributed by atoms with Gasteiger partial charge in [-0.05, 0) is 27.7 Å². The first-order valence-electron chi connectivity index (χ1n) is 11.2. The average Bonchev–Trinajstić information content (AvgIpc) is 3.42. The number of nitrogens with one attached hydrogen (secondary N) is 2. The van der Waals surface area contributed by atoms with Gasteiger partial charge in [0.1, 0.15) is 23.4 Å². The predicted octanol–water partition coefficient (Wildman–Crippen LogP) is 4.41. The second-order valence-corrected chi connectivity index (χ2v) is 10.4. The van der Waals surface area contributed by atoms with E-state index in [-0.39, 0.29) is 24.8 Å². The highest BCUT2D eigenvalue weighted by Gasteiger charge is 2.33. The summed E-state index contributed by atoms with van der Waals surface area (Å²) >= 11 is 1.20. The normalized spacial score (nSPS) is 13.5. The molecule has 0 radical (unpaired) electrons. The molecule has 0 fully saturated rings. The molecule has 4 rings (SSSR count). The van der Waals surface area contributed by atoms with Gasteiger partial charge in [0.15, 0.2) is 0 Å². The molecule has 0 spiro atoms. The molecular weight excluding hydrogens is 466 g/mol. The van der Waals surface area contributed by atoms with E-state index in [1.807, 2.05) is 24.3 Å². The van der Waals surface area contributed by atoms with Crippen LogP contribution in [-0.4, -0.2) is 40.7 Å². The van der Waals surface area contributed by atoms with E-state index in [2.05, 4.69) is 39.9 Å². The molecule has 2 aromatic carbocycles. The number of aliphatic carboxylic acids is 1. The molecule has 2 amide bonds. The molecule has 182 valence electrons. The summed E-state index contributed by atoms with van der Waals surface area (Å²) in [5.41, 5.74) is 4.02. The second-order valence-electron chi connectivity index (χ2n) is 9.42. The first-order chi connectivity index (χ1) is 16.6. The fourth-order valence-corrected chi connectivity index (χ4v) is 4.86. The number of fused-ring (bicyclic) bond motifs is 3. The van der Waals surface area contributed by atoms with Crippen LogP contribution < -0.4 is 10.6 Å². The van der Waals surface area contributed by atoms with Crippen LogP contribution in [0.3, 0.4) is 0 Å². The number of carboxylic acids is 1. The largest absolute Gasteiger partial charge is 0.480 e. The monoisotopic (exact) mass is 493 g/mol. The molecule has 3 aromatic rings. The Morgan fingerprint density at radius 1 is 1.06 bits per heavy atom. The molecule has 0 aliphatic heterocycles. The second kappa shape index (κ2) is 9.87. The van der Waals surface area contributed by atoms with Gasteiger partial charge in [0.2, 0.25) is 0 Å². The van der Waals surface area contributed by atoms with Crippen LogP contribution in [0.4, 0.5) is 4.79 Å². The van der Waals surface area contributed by atoms with Crippen molar-refractivity contribution in [2.24, 2.45) is 5.41 Å². The summed E-state index contributed by atoms with van der Waals surface area (Å²) in [4.78, 5) is 40.5. The smallest absolute Gasteiger partial charge is 0.407 e. The fourth-order valence-electron chi connectivity index (χ4n) is 4.15. The van der Waals surface area contributed by atoms with Crippen LogP contribution in [0.1, 0.15) is 53.3 Å². The molecule has 0 saturated heterocycles. The topological polar surface area (TPSA) is 118 Å². The van der Waals surface area contributed by atoms with Crippen molar-refractivity contribution in [1.82, 2.24) is 15.6 Å². The zero-order chi connectivity index (χ0) is 25.2. The Hall–Kier alpha value is -3.72. The van der Waals surface area contributed by atoms with Gasteiger partial charge in [-0.1, -0.05) is 69.3 Å². The van der Waals surface area contributed by atoms with Crippen LogP contribution in [0.5, 0.6) is 0 Å². The third-order valence-electron chi connectivity index (χ3n) is 5.90. The highest BCUT2D eigenvalue weighted by molar-refractivity contribution is 7.09. The summed E-state index contributed by atoms with van der Waals surface area (Å²) in [5.74, 6) is -1.72. The van der Waals surface area contributed by atoms with Gasteiger partial charge in [-0.25, -0.2) is 14.6 Å². The lowest BCUT2D eigenvalue weighted by Gasteiger charge is -2.27. The Balaban J connectivity index is 1.32. The number of rotatable bonds is 7. The quantitative estimate of drug-likeness (QED) is 0.449. The van der Waals surface area contributed by atoms with Gasteiger partial charge in [0.05, 0.1) is 6.54 Å². The molecule has 0 unspecified atom stereocenters. The van der Waals surface area contributed by atoms with E-state index < -0.39 is 29.4 Å². The number of hydrogen-bond donors (Lipinski definition) is 3. The summed E-state index contributed by atoms with van der Waals surface area (Å²) in [6.07, 6.45) is -0.577. The molecule has 1 aliphatic carbocycles. The Morgan fingerprint density at radius 3 is 2.23 bits per heavy atom. The summed E-state index contributed by atoms with van der Waals surface area (Å²) in [6.45, 7) is 5.50. The number of benzene rings is 2. The number of nitrogens with zero attached hydrogens (tertiary/aromatic N) is 1. The highest BCUT2D eigenvalue weighted by atomic mass is 32.1. The van der Waals surface area contributed by atoms with E-state index in [1.165, 1.54) is 16.7 Å². The van der Waals surface area contributed by atoms with E-state index in [9.17, 15) is 19.5 Å². The molecule has 1 atom stereocenters. The van der Waals surface area contributed by atoms with E-state index in [0.29, 0.717) is 5.01 Å². The Bertz CT molecular complexity index is 1220. The van der Waals surface area contributed by atoms with Crippen molar-refractivity contribution in [2.45, 2.75) is 39.3 Å². The van der Waals surface area contributed by atoms with E-state index in [4.69, 9.17) is 4.74 Å². The Labute approximate surface area is 207 Å². The molecule has 0 saturated carbocycles. The third-order valence-corrected chi connectivity index (χ3v) is 6.75. The summed E-state index contributed by atoms with van der Waals surface area (Å²) in [6, 6.07) is 15.2.